The zero-order valence-corrected chi connectivity index (χ0v) is 8.41. The van der Waals surface area contributed by atoms with Crippen molar-refractivity contribution in [2.75, 3.05) is 45.8 Å². The first-order chi connectivity index (χ1) is 6.38. The second-order valence-electron chi connectivity index (χ2n) is 4.41. The highest BCUT2D eigenvalue weighted by atomic mass is 15.2. The maximum Gasteiger partial charge on any atom is 0.0110 e. The molecule has 0 aliphatic carbocycles. The lowest BCUT2D eigenvalue weighted by Gasteiger charge is -2.39. The number of hydrogen-bond donors (Lipinski definition) is 1. The lowest BCUT2D eigenvalue weighted by molar-refractivity contribution is 0.0939. The van der Waals surface area contributed by atoms with Crippen molar-refractivity contribution in [2.45, 2.75) is 12.8 Å². The Kier molecular flexibility index (Phi) is 3.19. The van der Waals surface area contributed by atoms with Crippen molar-refractivity contribution in [1.82, 2.24) is 9.80 Å². The first-order valence-electron chi connectivity index (χ1n) is 5.53. The van der Waals surface area contributed by atoms with Crippen LogP contribution in [0.5, 0.6) is 0 Å². The van der Waals surface area contributed by atoms with Gasteiger partial charge in [0.05, 0.1) is 0 Å². The summed E-state index contributed by atoms with van der Waals surface area (Å²) < 4.78 is 0. The predicted octanol–water partition coefficient (Wildman–Crippen LogP) is -0.0273. The van der Waals surface area contributed by atoms with E-state index >= 15 is 0 Å². The molecule has 3 nitrogen and oxygen atoms in total. The van der Waals surface area contributed by atoms with E-state index in [1.54, 1.807) is 0 Å². The lowest BCUT2D eigenvalue weighted by atomic mass is 10.0. The van der Waals surface area contributed by atoms with Gasteiger partial charge in [-0.05, 0) is 38.4 Å². The fourth-order valence-corrected chi connectivity index (χ4v) is 2.30. The van der Waals surface area contributed by atoms with Crippen LogP contribution in [0.3, 0.4) is 0 Å². The lowest BCUT2D eigenvalue weighted by Crippen LogP contribution is -2.51. The molecule has 0 aromatic rings. The zero-order chi connectivity index (χ0) is 9.10. The molecule has 2 aliphatic heterocycles. The molecule has 0 amide bonds. The molecule has 2 heterocycles. The summed E-state index contributed by atoms with van der Waals surface area (Å²) >= 11 is 0. The van der Waals surface area contributed by atoms with E-state index in [-0.39, 0.29) is 0 Å². The van der Waals surface area contributed by atoms with Crippen LogP contribution in [0, 0.1) is 5.92 Å². The fourth-order valence-electron chi connectivity index (χ4n) is 2.30. The molecular weight excluding hydrogens is 162 g/mol. The van der Waals surface area contributed by atoms with Gasteiger partial charge in [-0.2, -0.15) is 0 Å². The molecule has 0 saturated carbocycles. The molecule has 2 fully saturated rings. The van der Waals surface area contributed by atoms with Crippen LogP contribution in [0.15, 0.2) is 0 Å². The van der Waals surface area contributed by atoms with Gasteiger partial charge in [-0.25, -0.2) is 0 Å². The van der Waals surface area contributed by atoms with E-state index in [0.29, 0.717) is 0 Å². The second kappa shape index (κ2) is 4.40. The Bertz CT molecular complexity index is 148. The van der Waals surface area contributed by atoms with E-state index in [0.717, 1.165) is 12.5 Å². The first-order valence-corrected chi connectivity index (χ1v) is 5.53. The van der Waals surface area contributed by atoms with Crippen LogP contribution >= 0.6 is 0 Å². The van der Waals surface area contributed by atoms with Crippen molar-refractivity contribution in [3.63, 3.8) is 0 Å². The third kappa shape index (κ3) is 2.42. The van der Waals surface area contributed by atoms with Gasteiger partial charge >= 0.3 is 0 Å². The smallest absolute Gasteiger partial charge is 0.0110 e. The molecule has 0 radical (unpaired) electrons. The molecule has 2 aliphatic rings. The van der Waals surface area contributed by atoms with Crippen molar-refractivity contribution < 1.29 is 0 Å². The molecule has 0 aromatic heterocycles. The molecule has 13 heavy (non-hydrogen) atoms. The van der Waals surface area contributed by atoms with Crippen molar-refractivity contribution in [1.29, 1.82) is 0 Å². The molecule has 2 saturated heterocycles. The van der Waals surface area contributed by atoms with E-state index in [1.807, 2.05) is 0 Å². The first kappa shape index (κ1) is 9.44. The van der Waals surface area contributed by atoms with Gasteiger partial charge in [-0.15, -0.1) is 0 Å². The van der Waals surface area contributed by atoms with Gasteiger partial charge in [0, 0.05) is 26.2 Å². The molecule has 0 spiro atoms. The molecule has 76 valence electrons. The van der Waals surface area contributed by atoms with Gasteiger partial charge in [0.25, 0.3) is 0 Å². The highest BCUT2D eigenvalue weighted by Gasteiger charge is 2.25. The molecule has 0 atom stereocenters. The summed E-state index contributed by atoms with van der Waals surface area (Å²) in [6.07, 6.45) is 2.82. The monoisotopic (exact) mass is 183 g/mol. The summed E-state index contributed by atoms with van der Waals surface area (Å²) in [4.78, 5) is 5.10. The van der Waals surface area contributed by atoms with Gasteiger partial charge in [-0.3, -0.25) is 0 Å². The Morgan fingerprint density at radius 2 is 1.62 bits per heavy atom. The van der Waals surface area contributed by atoms with Crippen molar-refractivity contribution >= 4 is 0 Å². The van der Waals surface area contributed by atoms with Crippen LogP contribution in [0.1, 0.15) is 12.8 Å². The van der Waals surface area contributed by atoms with Crippen LogP contribution in [0.25, 0.3) is 0 Å². The largest absolute Gasteiger partial charge is 0.330 e. The summed E-state index contributed by atoms with van der Waals surface area (Å²) in [7, 11) is 0. The van der Waals surface area contributed by atoms with Crippen molar-refractivity contribution in [3.8, 4) is 0 Å². The van der Waals surface area contributed by atoms with Gasteiger partial charge in [0.2, 0.25) is 0 Å². The molecule has 0 aromatic carbocycles. The summed E-state index contributed by atoms with van der Waals surface area (Å²) in [5, 5.41) is 0. The molecular formula is C10H21N3. The van der Waals surface area contributed by atoms with Gasteiger partial charge in [-0.1, -0.05) is 0 Å². The highest BCUT2D eigenvalue weighted by Crippen LogP contribution is 2.14. The normalized spacial score (nSPS) is 26.5. The molecule has 3 heteroatoms. The Labute approximate surface area is 80.9 Å². The Morgan fingerprint density at radius 3 is 2.23 bits per heavy atom. The van der Waals surface area contributed by atoms with Crippen LogP contribution in [0.4, 0.5) is 0 Å². The minimum absolute atomic E-state index is 0.790. The minimum Gasteiger partial charge on any atom is -0.330 e. The van der Waals surface area contributed by atoms with E-state index in [1.165, 1.54) is 52.1 Å². The van der Waals surface area contributed by atoms with Gasteiger partial charge in [0.15, 0.2) is 0 Å². The van der Waals surface area contributed by atoms with E-state index in [4.69, 9.17) is 5.73 Å². The van der Waals surface area contributed by atoms with Gasteiger partial charge in [0.1, 0.15) is 0 Å². The highest BCUT2D eigenvalue weighted by molar-refractivity contribution is 4.81. The third-order valence-corrected chi connectivity index (χ3v) is 3.30. The van der Waals surface area contributed by atoms with Crippen molar-refractivity contribution in [3.05, 3.63) is 0 Å². The molecule has 2 N–H and O–H groups in total. The van der Waals surface area contributed by atoms with Crippen LogP contribution in [-0.4, -0.2) is 55.6 Å². The summed E-state index contributed by atoms with van der Waals surface area (Å²) in [5.74, 6) is 0.790. The quantitative estimate of drug-likeness (QED) is 0.664. The molecule has 2 rings (SSSR count). The number of rotatable bonds is 4. The maximum atomic E-state index is 5.58. The van der Waals surface area contributed by atoms with Gasteiger partial charge < -0.3 is 15.5 Å². The fraction of sp³-hybridized carbons (Fsp3) is 1.00. The Hall–Kier alpha value is -0.120. The van der Waals surface area contributed by atoms with E-state index in [9.17, 15) is 0 Å². The SMILES string of the molecule is NCC1CN(CCN2CCCC2)C1. The van der Waals surface area contributed by atoms with E-state index in [2.05, 4.69) is 9.80 Å². The van der Waals surface area contributed by atoms with E-state index < -0.39 is 0 Å². The molecule has 0 bridgehead atoms. The maximum absolute atomic E-state index is 5.58. The Balaban J connectivity index is 1.54. The summed E-state index contributed by atoms with van der Waals surface area (Å²) in [5.41, 5.74) is 5.58. The molecule has 0 unspecified atom stereocenters. The third-order valence-electron chi connectivity index (χ3n) is 3.30. The number of hydrogen-bond acceptors (Lipinski definition) is 3. The van der Waals surface area contributed by atoms with Crippen LogP contribution in [0.2, 0.25) is 0 Å². The average Bonchev–Trinajstić information content (AvgIpc) is 2.54. The zero-order valence-electron chi connectivity index (χ0n) is 8.41. The summed E-state index contributed by atoms with van der Waals surface area (Å²) in [6.45, 7) is 8.55. The minimum atomic E-state index is 0.790. The number of nitrogens with two attached hydrogens (primary N) is 1. The second-order valence-corrected chi connectivity index (χ2v) is 4.41. The van der Waals surface area contributed by atoms with Crippen molar-refractivity contribution in [2.24, 2.45) is 11.7 Å². The Morgan fingerprint density at radius 1 is 1.00 bits per heavy atom. The standard InChI is InChI=1S/C10H21N3/c11-7-10-8-13(9-10)6-5-12-3-1-2-4-12/h10H,1-9,11H2. The van der Waals surface area contributed by atoms with Crippen LogP contribution in [-0.2, 0) is 0 Å². The topological polar surface area (TPSA) is 32.5 Å². The average molecular weight is 183 g/mol. The van der Waals surface area contributed by atoms with Crippen LogP contribution < -0.4 is 5.73 Å². The summed E-state index contributed by atoms with van der Waals surface area (Å²) in [6, 6.07) is 0. The predicted molar refractivity (Wildman–Crippen MR) is 54.7 cm³/mol. The number of likely N-dealkylation sites (tertiary alicyclic amines) is 2. The number of nitrogens with zero attached hydrogens (tertiary/aromatic N) is 2.